The monoisotopic (exact) mass is 485 g/mol. The van der Waals surface area contributed by atoms with Gasteiger partial charge in [-0.1, -0.05) is 48.5 Å². The molecule has 0 unspecified atom stereocenters. The van der Waals surface area contributed by atoms with E-state index < -0.39 is 11.7 Å². The number of benzene rings is 3. The highest BCUT2D eigenvalue weighted by Gasteiger charge is 2.26. The number of aromatic amines is 1. The minimum atomic E-state index is -0.787. The zero-order valence-electron chi connectivity index (χ0n) is 20.3. The highest BCUT2D eigenvalue weighted by atomic mass is 16.5. The maximum absolute atomic E-state index is 13.6. The highest BCUT2D eigenvalue weighted by molar-refractivity contribution is 6.49. The average molecular weight is 486 g/mol. The molecule has 1 aromatic heterocycles. The summed E-state index contributed by atoms with van der Waals surface area (Å²) in [7, 11) is 3.00. The quantitative estimate of drug-likeness (QED) is 0.241. The molecule has 0 atom stereocenters. The van der Waals surface area contributed by atoms with Gasteiger partial charge in [-0.15, -0.1) is 0 Å². The van der Waals surface area contributed by atoms with E-state index in [-0.39, 0.29) is 5.91 Å². The molecule has 0 aliphatic carbocycles. The van der Waals surface area contributed by atoms with E-state index in [1.54, 1.807) is 12.1 Å². The Morgan fingerprint density at radius 2 is 1.56 bits per heavy atom. The minimum absolute atomic E-state index is 0.163. The Kier molecular flexibility index (Phi) is 7.34. The van der Waals surface area contributed by atoms with Crippen LogP contribution >= 0.6 is 0 Å². The zero-order chi connectivity index (χ0) is 25.7. The molecule has 0 aliphatic rings. The number of para-hydroxylation sites is 1. The number of H-pyrrole nitrogens is 1. The summed E-state index contributed by atoms with van der Waals surface area (Å²) < 4.78 is 10.8. The lowest BCUT2D eigenvalue weighted by Crippen LogP contribution is -2.25. The van der Waals surface area contributed by atoms with Crippen LogP contribution in [0.5, 0.6) is 11.5 Å². The van der Waals surface area contributed by atoms with Gasteiger partial charge in [0, 0.05) is 36.1 Å². The van der Waals surface area contributed by atoms with Crippen LogP contribution in [0.4, 0.5) is 5.69 Å². The van der Waals surface area contributed by atoms with Gasteiger partial charge in [0.2, 0.25) is 5.91 Å². The Morgan fingerprint density at radius 3 is 2.25 bits per heavy atom. The van der Waals surface area contributed by atoms with Crippen molar-refractivity contribution in [2.45, 2.75) is 13.3 Å². The number of Topliss-reactive ketones (excluding diaryl/α,β-unsaturated/α-hetero) is 1. The van der Waals surface area contributed by atoms with Crippen LogP contribution in [-0.2, 0) is 16.0 Å². The number of fused-ring (bicyclic) bond motifs is 1. The van der Waals surface area contributed by atoms with E-state index >= 15 is 0 Å². The Balaban J connectivity index is 1.71. The summed E-state index contributed by atoms with van der Waals surface area (Å²) in [6.45, 7) is 1.78. The summed E-state index contributed by atoms with van der Waals surface area (Å²) in [4.78, 5) is 41.5. The lowest BCUT2D eigenvalue weighted by molar-refractivity contribution is -0.119. The van der Waals surface area contributed by atoms with Gasteiger partial charge in [-0.2, -0.15) is 0 Å². The maximum Gasteiger partial charge on any atom is 0.296 e. The molecule has 184 valence electrons. The normalized spacial score (nSPS) is 10.6. The molecular formula is C28H27N3O5. The van der Waals surface area contributed by atoms with Crippen LogP contribution in [0.15, 0.2) is 66.7 Å². The number of ketones is 1. The molecule has 1 heterocycles. The first kappa shape index (κ1) is 24.5. The van der Waals surface area contributed by atoms with Crippen molar-refractivity contribution in [1.82, 2.24) is 10.3 Å². The number of hydrogen-bond donors (Lipinski definition) is 3. The molecule has 3 N–H and O–H groups in total. The molecule has 0 saturated heterocycles. The third-order valence-corrected chi connectivity index (χ3v) is 5.83. The molecule has 0 fully saturated rings. The molecule has 0 spiro atoms. The molecular weight excluding hydrogens is 458 g/mol. The predicted octanol–water partition coefficient (Wildman–Crippen LogP) is 4.35. The zero-order valence-corrected chi connectivity index (χ0v) is 20.3. The van der Waals surface area contributed by atoms with Crippen LogP contribution in [0.2, 0.25) is 0 Å². The number of rotatable bonds is 9. The Bertz CT molecular complexity index is 1430. The van der Waals surface area contributed by atoms with Crippen LogP contribution in [0, 0.1) is 0 Å². The van der Waals surface area contributed by atoms with E-state index in [0.29, 0.717) is 52.4 Å². The second-order valence-corrected chi connectivity index (χ2v) is 8.17. The summed E-state index contributed by atoms with van der Waals surface area (Å²) in [6.07, 6.45) is 0.409. The Labute approximate surface area is 208 Å². The van der Waals surface area contributed by atoms with Crippen molar-refractivity contribution < 1.29 is 23.9 Å². The fraction of sp³-hybridized carbons (Fsp3) is 0.179. The van der Waals surface area contributed by atoms with E-state index in [1.807, 2.05) is 54.6 Å². The molecule has 4 aromatic rings. The van der Waals surface area contributed by atoms with Gasteiger partial charge in [-0.25, -0.2) is 0 Å². The second kappa shape index (κ2) is 10.8. The summed E-state index contributed by atoms with van der Waals surface area (Å²) in [5, 5.41) is 6.15. The van der Waals surface area contributed by atoms with Crippen molar-refractivity contribution in [3.8, 4) is 22.8 Å². The van der Waals surface area contributed by atoms with Crippen molar-refractivity contribution in [3.63, 3.8) is 0 Å². The van der Waals surface area contributed by atoms with Crippen molar-refractivity contribution in [2.24, 2.45) is 0 Å². The van der Waals surface area contributed by atoms with Crippen molar-refractivity contribution in [2.75, 3.05) is 26.1 Å². The smallest absolute Gasteiger partial charge is 0.296 e. The van der Waals surface area contributed by atoms with Crippen LogP contribution in [-0.4, -0.2) is 43.3 Å². The number of amides is 2. The SMILES string of the molecule is COc1cc(CCNC(C)=O)c(NC(=O)C(=O)c2c(-c3ccccc3)[nH]c3ccccc23)cc1OC. The molecule has 0 saturated carbocycles. The van der Waals surface area contributed by atoms with Gasteiger partial charge in [0.25, 0.3) is 11.7 Å². The first-order chi connectivity index (χ1) is 17.4. The fourth-order valence-electron chi connectivity index (χ4n) is 4.11. The number of ether oxygens (including phenoxy) is 2. The molecule has 8 heteroatoms. The summed E-state index contributed by atoms with van der Waals surface area (Å²) in [5.74, 6) is -0.744. The van der Waals surface area contributed by atoms with Gasteiger partial charge in [-0.05, 0) is 29.7 Å². The summed E-state index contributed by atoms with van der Waals surface area (Å²) in [6, 6.07) is 20.1. The molecule has 8 nitrogen and oxygen atoms in total. The van der Waals surface area contributed by atoms with Crippen molar-refractivity contribution >= 4 is 34.2 Å². The first-order valence-electron chi connectivity index (χ1n) is 11.4. The highest BCUT2D eigenvalue weighted by Crippen LogP contribution is 2.35. The lowest BCUT2D eigenvalue weighted by Gasteiger charge is -2.16. The van der Waals surface area contributed by atoms with Crippen LogP contribution in [0.3, 0.4) is 0 Å². The predicted molar refractivity (Wildman–Crippen MR) is 139 cm³/mol. The third-order valence-electron chi connectivity index (χ3n) is 5.83. The Morgan fingerprint density at radius 1 is 0.889 bits per heavy atom. The topological polar surface area (TPSA) is 110 Å². The van der Waals surface area contributed by atoms with Gasteiger partial charge in [0.15, 0.2) is 11.5 Å². The number of methoxy groups -OCH3 is 2. The van der Waals surface area contributed by atoms with Gasteiger partial charge < -0.3 is 25.1 Å². The first-order valence-corrected chi connectivity index (χ1v) is 11.4. The molecule has 0 bridgehead atoms. The van der Waals surface area contributed by atoms with E-state index in [9.17, 15) is 14.4 Å². The maximum atomic E-state index is 13.6. The number of anilines is 1. The van der Waals surface area contributed by atoms with Crippen molar-refractivity contribution in [1.29, 1.82) is 0 Å². The van der Waals surface area contributed by atoms with Crippen LogP contribution < -0.4 is 20.1 Å². The number of nitrogens with one attached hydrogen (secondary N) is 3. The average Bonchev–Trinajstić information content (AvgIpc) is 3.28. The number of carbonyl (C=O) groups excluding carboxylic acids is 3. The third kappa shape index (κ3) is 5.07. The van der Waals surface area contributed by atoms with Crippen LogP contribution in [0.25, 0.3) is 22.2 Å². The van der Waals surface area contributed by atoms with Crippen LogP contribution in [0.1, 0.15) is 22.8 Å². The standard InChI is InChI=1S/C28H27N3O5/c1-17(32)29-14-13-19-15-23(35-2)24(36-3)16-22(19)31-28(34)27(33)25-20-11-7-8-12-21(20)30-26(25)18-9-5-4-6-10-18/h4-12,15-16,30H,13-14H2,1-3H3,(H,29,32)(H,31,34). The molecule has 2 amide bonds. The van der Waals surface area contributed by atoms with Gasteiger partial charge in [0.1, 0.15) is 0 Å². The number of hydrogen-bond acceptors (Lipinski definition) is 5. The fourth-order valence-corrected chi connectivity index (χ4v) is 4.11. The lowest BCUT2D eigenvalue weighted by atomic mass is 10.0. The molecule has 4 rings (SSSR count). The Hall–Kier alpha value is -4.59. The van der Waals surface area contributed by atoms with E-state index in [4.69, 9.17) is 9.47 Å². The van der Waals surface area contributed by atoms with Crippen molar-refractivity contribution in [3.05, 3.63) is 77.9 Å². The largest absolute Gasteiger partial charge is 0.493 e. The van der Waals surface area contributed by atoms with Gasteiger partial charge in [-0.3, -0.25) is 14.4 Å². The van der Waals surface area contributed by atoms with E-state index in [2.05, 4.69) is 15.6 Å². The summed E-state index contributed by atoms with van der Waals surface area (Å²) in [5.41, 5.74) is 3.52. The van der Waals surface area contributed by atoms with Gasteiger partial charge >= 0.3 is 0 Å². The number of carbonyl (C=O) groups is 3. The van der Waals surface area contributed by atoms with Gasteiger partial charge in [0.05, 0.1) is 25.5 Å². The second-order valence-electron chi connectivity index (χ2n) is 8.17. The molecule has 0 radical (unpaired) electrons. The minimum Gasteiger partial charge on any atom is -0.493 e. The van der Waals surface area contributed by atoms with E-state index in [0.717, 1.165) is 11.1 Å². The number of aromatic nitrogens is 1. The molecule has 3 aromatic carbocycles. The summed E-state index contributed by atoms with van der Waals surface area (Å²) >= 11 is 0. The van der Waals surface area contributed by atoms with E-state index in [1.165, 1.54) is 21.1 Å². The molecule has 36 heavy (non-hydrogen) atoms. The molecule has 0 aliphatic heterocycles.